The maximum Gasteiger partial charge on any atom is 0.0356 e. The molecule has 2 nitrogen and oxygen atoms in total. The summed E-state index contributed by atoms with van der Waals surface area (Å²) in [7, 11) is 6.66. The Kier molecular flexibility index (Phi) is 5.77. The van der Waals surface area contributed by atoms with Gasteiger partial charge in [0.25, 0.3) is 0 Å². The van der Waals surface area contributed by atoms with Gasteiger partial charge in [0.15, 0.2) is 0 Å². The largest absolute Gasteiger partial charge is 0.315 e. The first-order valence-electron chi connectivity index (χ1n) is 7.02. The average molecular weight is 226 g/mol. The van der Waals surface area contributed by atoms with Gasteiger partial charge in [0, 0.05) is 11.6 Å². The fraction of sp³-hybridized carbons (Fsp3) is 1.00. The zero-order valence-corrected chi connectivity index (χ0v) is 11.7. The predicted molar refractivity (Wildman–Crippen MR) is 71.9 cm³/mol. The number of nitrogens with one attached hydrogen (secondary N) is 1. The van der Waals surface area contributed by atoms with Gasteiger partial charge < -0.3 is 10.2 Å². The van der Waals surface area contributed by atoms with Crippen molar-refractivity contribution in [3.63, 3.8) is 0 Å². The molecule has 0 saturated heterocycles. The van der Waals surface area contributed by atoms with E-state index in [0.29, 0.717) is 11.6 Å². The lowest BCUT2D eigenvalue weighted by Crippen LogP contribution is -2.56. The molecule has 0 aliphatic heterocycles. The molecule has 1 fully saturated rings. The van der Waals surface area contributed by atoms with Crippen LogP contribution in [0.25, 0.3) is 0 Å². The van der Waals surface area contributed by atoms with Crippen LogP contribution < -0.4 is 5.32 Å². The molecular weight excluding hydrogens is 196 g/mol. The van der Waals surface area contributed by atoms with E-state index in [1.54, 1.807) is 0 Å². The summed E-state index contributed by atoms with van der Waals surface area (Å²) < 4.78 is 0. The van der Waals surface area contributed by atoms with E-state index in [0.717, 1.165) is 0 Å². The number of hydrogen-bond donors (Lipinski definition) is 1. The molecule has 1 aliphatic rings. The molecule has 0 aromatic rings. The molecule has 0 aromatic carbocycles. The van der Waals surface area contributed by atoms with Crippen LogP contribution in [0.4, 0.5) is 0 Å². The third kappa shape index (κ3) is 2.98. The maximum absolute atomic E-state index is 3.58. The van der Waals surface area contributed by atoms with E-state index in [-0.39, 0.29) is 0 Å². The van der Waals surface area contributed by atoms with Gasteiger partial charge in [-0.3, -0.25) is 0 Å². The first-order valence-corrected chi connectivity index (χ1v) is 7.02. The van der Waals surface area contributed by atoms with Gasteiger partial charge >= 0.3 is 0 Å². The Morgan fingerprint density at radius 3 is 2.25 bits per heavy atom. The highest BCUT2D eigenvalue weighted by Gasteiger charge is 2.41. The van der Waals surface area contributed by atoms with Crippen LogP contribution in [0.3, 0.4) is 0 Å². The first kappa shape index (κ1) is 14.0. The monoisotopic (exact) mass is 226 g/mol. The number of likely N-dealkylation sites (N-methyl/N-ethyl adjacent to an activating group) is 2. The molecule has 1 rings (SSSR count). The van der Waals surface area contributed by atoms with Gasteiger partial charge in [-0.15, -0.1) is 0 Å². The first-order chi connectivity index (χ1) is 7.67. The van der Waals surface area contributed by atoms with Gasteiger partial charge in [0.2, 0.25) is 0 Å². The normalized spacial score (nSPS) is 21.6. The number of hydrogen-bond acceptors (Lipinski definition) is 2. The summed E-state index contributed by atoms with van der Waals surface area (Å²) in [6.07, 6.45) is 11.0. The highest BCUT2D eigenvalue weighted by molar-refractivity contribution is 5.01. The van der Waals surface area contributed by atoms with Crippen LogP contribution in [0, 0.1) is 0 Å². The molecule has 2 heteroatoms. The zero-order chi connectivity index (χ0) is 12.0. The minimum atomic E-state index is 0.433. The lowest BCUT2D eigenvalue weighted by Gasteiger charge is -2.43. The maximum atomic E-state index is 3.58. The van der Waals surface area contributed by atoms with Gasteiger partial charge in [-0.25, -0.2) is 0 Å². The molecule has 0 bridgehead atoms. The van der Waals surface area contributed by atoms with Crippen molar-refractivity contribution >= 4 is 0 Å². The van der Waals surface area contributed by atoms with Gasteiger partial charge in [-0.1, -0.05) is 39.0 Å². The molecule has 0 radical (unpaired) electrons. The van der Waals surface area contributed by atoms with Crippen molar-refractivity contribution in [1.82, 2.24) is 10.2 Å². The summed E-state index contributed by atoms with van der Waals surface area (Å²) in [5.41, 5.74) is 0.433. The second kappa shape index (κ2) is 6.61. The smallest absolute Gasteiger partial charge is 0.0356 e. The van der Waals surface area contributed by atoms with Crippen LogP contribution in [0.5, 0.6) is 0 Å². The van der Waals surface area contributed by atoms with E-state index in [9.17, 15) is 0 Å². The molecule has 1 unspecified atom stereocenters. The average Bonchev–Trinajstić information content (AvgIpc) is 2.74. The van der Waals surface area contributed by atoms with Crippen molar-refractivity contribution in [2.45, 2.75) is 69.9 Å². The van der Waals surface area contributed by atoms with E-state index >= 15 is 0 Å². The summed E-state index contributed by atoms with van der Waals surface area (Å²) in [5.74, 6) is 0. The highest BCUT2D eigenvalue weighted by atomic mass is 15.2. The number of rotatable bonds is 7. The van der Waals surface area contributed by atoms with Crippen LogP contribution in [0.1, 0.15) is 58.3 Å². The highest BCUT2D eigenvalue weighted by Crippen LogP contribution is 2.38. The van der Waals surface area contributed by atoms with Crippen molar-refractivity contribution in [2.24, 2.45) is 0 Å². The molecule has 0 heterocycles. The molecule has 0 spiro atoms. The van der Waals surface area contributed by atoms with E-state index in [1.165, 1.54) is 51.4 Å². The van der Waals surface area contributed by atoms with Gasteiger partial charge in [0.1, 0.15) is 0 Å². The van der Waals surface area contributed by atoms with Crippen LogP contribution in [0.2, 0.25) is 0 Å². The van der Waals surface area contributed by atoms with Crippen LogP contribution in [-0.2, 0) is 0 Å². The Morgan fingerprint density at radius 1 is 1.19 bits per heavy atom. The van der Waals surface area contributed by atoms with Crippen LogP contribution in [-0.4, -0.2) is 37.6 Å². The third-order valence-electron chi connectivity index (χ3n) is 4.45. The second-order valence-corrected chi connectivity index (χ2v) is 5.54. The SMILES string of the molecule is CCCCCC(NC)C1(N(C)C)CCCC1. The van der Waals surface area contributed by atoms with Crippen molar-refractivity contribution in [3.05, 3.63) is 0 Å². The Hall–Kier alpha value is -0.0800. The number of nitrogens with zero attached hydrogens (tertiary/aromatic N) is 1. The Labute approximate surface area is 102 Å². The Balaban J connectivity index is 2.59. The fourth-order valence-electron chi connectivity index (χ4n) is 3.37. The quantitative estimate of drug-likeness (QED) is 0.671. The van der Waals surface area contributed by atoms with Gasteiger partial charge in [0.05, 0.1) is 0 Å². The fourth-order valence-corrected chi connectivity index (χ4v) is 3.37. The lowest BCUT2D eigenvalue weighted by molar-refractivity contribution is 0.102. The Bertz CT molecular complexity index is 183. The molecule has 1 N–H and O–H groups in total. The standard InChI is InChI=1S/C14H30N2/c1-5-6-7-10-13(15-2)14(16(3)4)11-8-9-12-14/h13,15H,5-12H2,1-4H3. The van der Waals surface area contributed by atoms with E-state index in [2.05, 4.69) is 38.3 Å². The van der Waals surface area contributed by atoms with Crippen molar-refractivity contribution in [1.29, 1.82) is 0 Å². The summed E-state index contributed by atoms with van der Waals surface area (Å²) in [5, 5.41) is 3.58. The van der Waals surface area contributed by atoms with Gasteiger partial charge in [-0.05, 0) is 40.4 Å². The van der Waals surface area contributed by atoms with E-state index < -0.39 is 0 Å². The van der Waals surface area contributed by atoms with Crippen LogP contribution >= 0.6 is 0 Å². The molecule has 16 heavy (non-hydrogen) atoms. The van der Waals surface area contributed by atoms with E-state index in [4.69, 9.17) is 0 Å². The summed E-state index contributed by atoms with van der Waals surface area (Å²) >= 11 is 0. The minimum Gasteiger partial charge on any atom is -0.315 e. The summed E-state index contributed by atoms with van der Waals surface area (Å²) in [6, 6.07) is 0.677. The zero-order valence-electron chi connectivity index (χ0n) is 11.7. The molecule has 0 amide bonds. The second-order valence-electron chi connectivity index (χ2n) is 5.54. The van der Waals surface area contributed by atoms with Gasteiger partial charge in [-0.2, -0.15) is 0 Å². The molecule has 1 saturated carbocycles. The molecule has 0 aromatic heterocycles. The molecule has 1 aliphatic carbocycles. The van der Waals surface area contributed by atoms with Crippen molar-refractivity contribution in [2.75, 3.05) is 21.1 Å². The van der Waals surface area contributed by atoms with Crippen molar-refractivity contribution in [3.8, 4) is 0 Å². The van der Waals surface area contributed by atoms with Crippen molar-refractivity contribution < 1.29 is 0 Å². The number of unbranched alkanes of at least 4 members (excludes halogenated alkanes) is 2. The predicted octanol–water partition coefficient (Wildman–Crippen LogP) is 3.03. The third-order valence-corrected chi connectivity index (χ3v) is 4.45. The molecule has 96 valence electrons. The minimum absolute atomic E-state index is 0.433. The molecular formula is C14H30N2. The summed E-state index contributed by atoms with van der Waals surface area (Å²) in [6.45, 7) is 2.28. The summed E-state index contributed by atoms with van der Waals surface area (Å²) in [4.78, 5) is 2.48. The van der Waals surface area contributed by atoms with Crippen LogP contribution in [0.15, 0.2) is 0 Å². The molecule has 1 atom stereocenters. The lowest BCUT2D eigenvalue weighted by atomic mass is 9.83. The topological polar surface area (TPSA) is 15.3 Å². The van der Waals surface area contributed by atoms with E-state index in [1.807, 2.05) is 0 Å². The Morgan fingerprint density at radius 2 is 1.81 bits per heavy atom.